The van der Waals surface area contributed by atoms with Gasteiger partial charge >= 0.3 is 0 Å². The molecule has 0 unspecified atom stereocenters. The zero-order chi connectivity index (χ0) is 16.1. The number of carbonyl (C=O) groups excluding carboxylic acids is 1. The van der Waals surface area contributed by atoms with Crippen LogP contribution in [0, 0.1) is 6.92 Å². The molecule has 22 heavy (non-hydrogen) atoms. The van der Waals surface area contributed by atoms with Crippen LogP contribution in [-0.2, 0) is 6.54 Å². The SMILES string of the molecule is Cc1ccc(C(=O)N(C)Cc2ccc(Br)cc2)c(NC=S)c1. The van der Waals surface area contributed by atoms with Gasteiger partial charge in [-0.15, -0.1) is 0 Å². The third-order valence-electron chi connectivity index (χ3n) is 3.30. The smallest absolute Gasteiger partial charge is 0.256 e. The molecule has 114 valence electrons. The summed E-state index contributed by atoms with van der Waals surface area (Å²) in [6.07, 6.45) is 0. The van der Waals surface area contributed by atoms with Gasteiger partial charge in [-0.2, -0.15) is 0 Å². The Morgan fingerprint density at radius 2 is 1.95 bits per heavy atom. The van der Waals surface area contributed by atoms with Crippen molar-refractivity contribution in [1.82, 2.24) is 4.90 Å². The van der Waals surface area contributed by atoms with Gasteiger partial charge in [-0.05, 0) is 42.3 Å². The van der Waals surface area contributed by atoms with Gasteiger partial charge < -0.3 is 10.2 Å². The van der Waals surface area contributed by atoms with E-state index in [1.54, 1.807) is 11.9 Å². The first-order chi connectivity index (χ1) is 10.5. The van der Waals surface area contributed by atoms with Gasteiger partial charge in [0.25, 0.3) is 5.91 Å². The summed E-state index contributed by atoms with van der Waals surface area (Å²) in [6, 6.07) is 13.6. The Hall–Kier alpha value is -1.72. The highest BCUT2D eigenvalue weighted by Crippen LogP contribution is 2.20. The van der Waals surface area contributed by atoms with Gasteiger partial charge in [0.15, 0.2) is 0 Å². The first-order valence-electron chi connectivity index (χ1n) is 6.82. The average Bonchev–Trinajstić information content (AvgIpc) is 2.49. The van der Waals surface area contributed by atoms with Crippen molar-refractivity contribution in [1.29, 1.82) is 0 Å². The molecule has 2 rings (SSSR count). The molecule has 3 nitrogen and oxygen atoms in total. The van der Waals surface area contributed by atoms with Crippen LogP contribution < -0.4 is 5.32 Å². The fourth-order valence-electron chi connectivity index (χ4n) is 2.17. The van der Waals surface area contributed by atoms with Crippen LogP contribution in [0.3, 0.4) is 0 Å². The molecule has 0 spiro atoms. The number of rotatable bonds is 5. The molecule has 2 aromatic rings. The van der Waals surface area contributed by atoms with E-state index in [4.69, 9.17) is 12.2 Å². The van der Waals surface area contributed by atoms with Crippen molar-refractivity contribution >= 4 is 45.2 Å². The summed E-state index contributed by atoms with van der Waals surface area (Å²) in [7, 11) is 1.80. The highest BCUT2D eigenvalue weighted by molar-refractivity contribution is 9.10. The van der Waals surface area contributed by atoms with E-state index in [9.17, 15) is 4.79 Å². The topological polar surface area (TPSA) is 32.3 Å². The van der Waals surface area contributed by atoms with Crippen molar-refractivity contribution in [2.24, 2.45) is 0 Å². The van der Waals surface area contributed by atoms with E-state index < -0.39 is 0 Å². The average molecular weight is 377 g/mol. The summed E-state index contributed by atoms with van der Waals surface area (Å²) in [4.78, 5) is 14.3. The molecule has 1 amide bonds. The number of carbonyl (C=O) groups is 1. The lowest BCUT2D eigenvalue weighted by Crippen LogP contribution is -2.27. The third-order valence-corrected chi connectivity index (χ3v) is 3.95. The molecule has 0 heterocycles. The monoisotopic (exact) mass is 376 g/mol. The summed E-state index contributed by atoms with van der Waals surface area (Å²) < 4.78 is 1.02. The van der Waals surface area contributed by atoms with Crippen molar-refractivity contribution in [3.05, 3.63) is 63.6 Å². The Morgan fingerprint density at radius 1 is 1.27 bits per heavy atom. The van der Waals surface area contributed by atoms with E-state index in [0.717, 1.165) is 21.3 Å². The first-order valence-corrected chi connectivity index (χ1v) is 8.08. The van der Waals surface area contributed by atoms with E-state index in [0.29, 0.717) is 12.1 Å². The van der Waals surface area contributed by atoms with Crippen LogP contribution in [0.2, 0.25) is 0 Å². The zero-order valence-corrected chi connectivity index (χ0v) is 14.9. The maximum absolute atomic E-state index is 12.7. The van der Waals surface area contributed by atoms with E-state index >= 15 is 0 Å². The lowest BCUT2D eigenvalue weighted by molar-refractivity contribution is 0.0786. The van der Waals surface area contributed by atoms with Gasteiger partial charge in [-0.25, -0.2) is 0 Å². The minimum atomic E-state index is -0.0396. The van der Waals surface area contributed by atoms with Crippen molar-refractivity contribution in [3.8, 4) is 0 Å². The second-order valence-electron chi connectivity index (χ2n) is 5.10. The predicted octanol–water partition coefficient (Wildman–Crippen LogP) is 4.40. The molecular formula is C17H17BrN2OS. The van der Waals surface area contributed by atoms with Crippen LogP contribution in [0.5, 0.6) is 0 Å². The number of benzene rings is 2. The molecule has 0 bridgehead atoms. The van der Waals surface area contributed by atoms with Crippen LogP contribution in [0.25, 0.3) is 0 Å². The molecule has 5 heteroatoms. The first kappa shape index (κ1) is 16.6. The highest BCUT2D eigenvalue weighted by Gasteiger charge is 2.16. The molecule has 2 aromatic carbocycles. The summed E-state index contributed by atoms with van der Waals surface area (Å²) in [6.45, 7) is 2.53. The number of amides is 1. The Balaban J connectivity index is 2.19. The molecule has 0 aliphatic heterocycles. The molecule has 1 N–H and O–H groups in total. The van der Waals surface area contributed by atoms with Crippen molar-refractivity contribution in [3.63, 3.8) is 0 Å². The molecule has 0 saturated carbocycles. The second kappa shape index (κ2) is 7.51. The number of hydrogen-bond donors (Lipinski definition) is 1. The van der Waals surface area contributed by atoms with E-state index in [1.165, 1.54) is 5.49 Å². The Kier molecular flexibility index (Phi) is 5.69. The lowest BCUT2D eigenvalue weighted by atomic mass is 10.1. The zero-order valence-electron chi connectivity index (χ0n) is 12.5. The maximum atomic E-state index is 12.7. The van der Waals surface area contributed by atoms with Crippen LogP contribution >= 0.6 is 28.1 Å². The van der Waals surface area contributed by atoms with Gasteiger partial charge in [0.05, 0.1) is 16.7 Å². The summed E-state index contributed by atoms with van der Waals surface area (Å²) >= 11 is 8.25. The maximum Gasteiger partial charge on any atom is 0.256 e. The van der Waals surface area contributed by atoms with Crippen LogP contribution in [0.1, 0.15) is 21.5 Å². The van der Waals surface area contributed by atoms with Gasteiger partial charge in [0, 0.05) is 18.1 Å². The summed E-state index contributed by atoms with van der Waals surface area (Å²) in [5.74, 6) is -0.0396. The Morgan fingerprint density at radius 3 is 2.59 bits per heavy atom. The van der Waals surface area contributed by atoms with Crippen molar-refractivity contribution in [2.45, 2.75) is 13.5 Å². The number of nitrogens with one attached hydrogen (secondary N) is 1. The predicted molar refractivity (Wildman–Crippen MR) is 98.4 cm³/mol. The highest BCUT2D eigenvalue weighted by atomic mass is 79.9. The Labute approximate surface area is 144 Å². The van der Waals surface area contributed by atoms with Crippen molar-refractivity contribution in [2.75, 3.05) is 12.4 Å². The van der Waals surface area contributed by atoms with Crippen LogP contribution in [0.4, 0.5) is 5.69 Å². The molecule has 0 aromatic heterocycles. The number of hydrogen-bond acceptors (Lipinski definition) is 2. The standard InChI is InChI=1S/C17H17BrN2OS/c1-12-3-8-15(16(9-12)19-11-22)17(21)20(2)10-13-4-6-14(18)7-5-13/h3-9,11H,10H2,1-2H3,(H,19,22). The number of halogens is 1. The number of nitrogens with zero attached hydrogens (tertiary/aromatic N) is 1. The fourth-order valence-corrected chi connectivity index (χ4v) is 2.56. The molecule has 0 saturated heterocycles. The van der Waals surface area contributed by atoms with Gasteiger partial charge in [0.1, 0.15) is 0 Å². The van der Waals surface area contributed by atoms with E-state index in [-0.39, 0.29) is 5.91 Å². The summed E-state index contributed by atoms with van der Waals surface area (Å²) in [5, 5.41) is 2.96. The van der Waals surface area contributed by atoms with Crippen LogP contribution in [0.15, 0.2) is 46.9 Å². The molecule has 0 radical (unpaired) electrons. The summed E-state index contributed by atoms with van der Waals surface area (Å²) in [5.41, 5.74) is 4.93. The van der Waals surface area contributed by atoms with Gasteiger partial charge in [-0.1, -0.05) is 46.3 Å². The number of anilines is 1. The van der Waals surface area contributed by atoms with E-state index in [1.807, 2.05) is 49.4 Å². The second-order valence-corrected chi connectivity index (χ2v) is 6.25. The minimum absolute atomic E-state index is 0.0396. The molecule has 0 atom stereocenters. The normalized spacial score (nSPS) is 10.1. The van der Waals surface area contributed by atoms with Gasteiger partial charge in [-0.3, -0.25) is 4.79 Å². The quantitative estimate of drug-likeness (QED) is 0.784. The molecule has 0 fully saturated rings. The molecular weight excluding hydrogens is 360 g/mol. The number of aryl methyl sites for hydroxylation is 1. The van der Waals surface area contributed by atoms with Crippen LogP contribution in [-0.4, -0.2) is 23.3 Å². The third kappa shape index (κ3) is 4.15. The largest absolute Gasteiger partial charge is 0.352 e. The molecule has 0 aliphatic carbocycles. The Bertz CT molecular complexity index is 686. The molecule has 0 aliphatic rings. The van der Waals surface area contributed by atoms with E-state index in [2.05, 4.69) is 21.2 Å². The number of thiocarbonyl (C=S) groups is 1. The fraction of sp³-hybridized carbons (Fsp3) is 0.176. The van der Waals surface area contributed by atoms with Gasteiger partial charge in [0.2, 0.25) is 0 Å². The van der Waals surface area contributed by atoms with Crippen molar-refractivity contribution < 1.29 is 4.79 Å². The lowest BCUT2D eigenvalue weighted by Gasteiger charge is -2.19. The minimum Gasteiger partial charge on any atom is -0.352 e.